The molecule has 1 aromatic heterocycles. The minimum Gasteiger partial charge on any atom is -0.350 e. The highest BCUT2D eigenvalue weighted by Gasteiger charge is 2.08. The summed E-state index contributed by atoms with van der Waals surface area (Å²) in [6.45, 7) is 2.31. The third-order valence-electron chi connectivity index (χ3n) is 1.73. The zero-order valence-electron chi connectivity index (χ0n) is 7.62. The third kappa shape index (κ3) is 2.84. The van der Waals surface area contributed by atoms with E-state index in [1.54, 1.807) is 17.8 Å². The van der Waals surface area contributed by atoms with Crippen molar-refractivity contribution in [2.24, 2.45) is 7.05 Å². The Bertz CT molecular complexity index is 295. The van der Waals surface area contributed by atoms with Crippen molar-refractivity contribution in [1.29, 1.82) is 0 Å². The Balaban J connectivity index is 2.44. The van der Waals surface area contributed by atoms with Crippen LogP contribution in [0, 0.1) is 0 Å². The molecule has 0 saturated heterocycles. The molecular weight excluding hydrogens is 234 g/mol. The molecule has 13 heavy (non-hydrogen) atoms. The van der Waals surface area contributed by atoms with Crippen molar-refractivity contribution >= 4 is 21.8 Å². The number of carbonyl (C=O) groups is 1. The van der Waals surface area contributed by atoms with Gasteiger partial charge in [0, 0.05) is 13.2 Å². The van der Waals surface area contributed by atoms with E-state index in [1.807, 2.05) is 13.1 Å². The van der Waals surface area contributed by atoms with Crippen LogP contribution in [0.25, 0.3) is 0 Å². The number of nitrogens with one attached hydrogen (secondary N) is 1. The van der Waals surface area contributed by atoms with Crippen LogP contribution >= 0.6 is 15.9 Å². The van der Waals surface area contributed by atoms with Gasteiger partial charge in [-0.1, -0.05) is 15.9 Å². The number of aromatic nitrogens is 2. The molecule has 1 heterocycles. The first-order valence-electron chi connectivity index (χ1n) is 4.00. The fourth-order valence-electron chi connectivity index (χ4n) is 0.893. The number of hydrogen-bond donors (Lipinski definition) is 1. The summed E-state index contributed by atoms with van der Waals surface area (Å²) in [5, 5.41) is 6.77. The topological polar surface area (TPSA) is 46.9 Å². The Labute approximate surface area is 85.4 Å². The Morgan fingerprint density at radius 2 is 2.54 bits per heavy atom. The standard InChI is InChI=1S/C8H12BrN3O/c1-6(9)8(13)10-5-7-3-4-11-12(7)2/h3-4,6H,5H2,1-2H3,(H,10,13). The highest BCUT2D eigenvalue weighted by molar-refractivity contribution is 9.10. The monoisotopic (exact) mass is 245 g/mol. The van der Waals surface area contributed by atoms with Gasteiger partial charge in [0.15, 0.2) is 0 Å². The summed E-state index contributed by atoms with van der Waals surface area (Å²) in [5.41, 5.74) is 0.988. The van der Waals surface area contributed by atoms with Gasteiger partial charge in [-0.3, -0.25) is 9.48 Å². The highest BCUT2D eigenvalue weighted by atomic mass is 79.9. The van der Waals surface area contributed by atoms with Crippen LogP contribution in [0.2, 0.25) is 0 Å². The van der Waals surface area contributed by atoms with E-state index < -0.39 is 0 Å². The fourth-order valence-corrected chi connectivity index (χ4v) is 1.05. The Kier molecular flexibility index (Phi) is 3.48. The molecule has 1 N–H and O–H groups in total. The van der Waals surface area contributed by atoms with Crippen LogP contribution in [0.15, 0.2) is 12.3 Å². The van der Waals surface area contributed by atoms with Crippen molar-refractivity contribution in [3.63, 3.8) is 0 Å². The summed E-state index contributed by atoms with van der Waals surface area (Å²) in [7, 11) is 1.85. The smallest absolute Gasteiger partial charge is 0.233 e. The summed E-state index contributed by atoms with van der Waals surface area (Å²) in [5.74, 6) is -0.0128. The molecule has 72 valence electrons. The average molecular weight is 246 g/mol. The summed E-state index contributed by atoms with van der Waals surface area (Å²) >= 11 is 3.19. The first-order valence-corrected chi connectivity index (χ1v) is 4.91. The molecule has 0 aromatic carbocycles. The van der Waals surface area contributed by atoms with Gasteiger partial charge in [0.2, 0.25) is 5.91 Å². The molecule has 1 aromatic rings. The number of alkyl halides is 1. The van der Waals surface area contributed by atoms with Gasteiger partial charge in [-0.2, -0.15) is 5.10 Å². The maximum Gasteiger partial charge on any atom is 0.233 e. The average Bonchev–Trinajstić information content (AvgIpc) is 2.47. The zero-order valence-corrected chi connectivity index (χ0v) is 9.21. The van der Waals surface area contributed by atoms with E-state index in [9.17, 15) is 4.79 Å². The maximum atomic E-state index is 11.2. The molecular formula is C8H12BrN3O. The maximum absolute atomic E-state index is 11.2. The summed E-state index contributed by atoms with van der Waals surface area (Å²) in [6.07, 6.45) is 1.71. The lowest BCUT2D eigenvalue weighted by molar-refractivity contribution is -0.120. The lowest BCUT2D eigenvalue weighted by atomic mass is 10.4. The summed E-state index contributed by atoms with van der Waals surface area (Å²) < 4.78 is 1.74. The quantitative estimate of drug-likeness (QED) is 0.802. The van der Waals surface area contributed by atoms with Gasteiger partial charge in [-0.15, -0.1) is 0 Å². The molecule has 5 heteroatoms. The molecule has 1 unspecified atom stereocenters. The van der Waals surface area contributed by atoms with Gasteiger partial charge >= 0.3 is 0 Å². The van der Waals surface area contributed by atoms with Gasteiger partial charge in [-0.25, -0.2) is 0 Å². The van der Waals surface area contributed by atoms with E-state index in [2.05, 4.69) is 26.3 Å². The molecule has 0 spiro atoms. The number of halogens is 1. The van der Waals surface area contributed by atoms with Gasteiger partial charge in [0.05, 0.1) is 17.1 Å². The lowest BCUT2D eigenvalue weighted by Gasteiger charge is -2.06. The summed E-state index contributed by atoms with van der Waals surface area (Å²) in [6, 6.07) is 1.87. The van der Waals surface area contributed by atoms with Crippen molar-refractivity contribution in [3.05, 3.63) is 18.0 Å². The van der Waals surface area contributed by atoms with Gasteiger partial charge in [0.1, 0.15) is 0 Å². The van der Waals surface area contributed by atoms with Gasteiger partial charge in [-0.05, 0) is 13.0 Å². The van der Waals surface area contributed by atoms with Crippen molar-refractivity contribution in [3.8, 4) is 0 Å². The van der Waals surface area contributed by atoms with E-state index >= 15 is 0 Å². The Hall–Kier alpha value is -0.840. The molecule has 0 aliphatic carbocycles. The molecule has 1 atom stereocenters. The molecule has 0 aliphatic rings. The molecule has 0 aliphatic heterocycles. The van der Waals surface area contributed by atoms with Crippen molar-refractivity contribution in [2.45, 2.75) is 18.3 Å². The van der Waals surface area contributed by atoms with E-state index in [4.69, 9.17) is 0 Å². The minimum absolute atomic E-state index is 0.0128. The molecule has 0 radical (unpaired) electrons. The first-order chi connectivity index (χ1) is 6.11. The minimum atomic E-state index is -0.152. The number of amides is 1. The van der Waals surface area contributed by atoms with Crippen molar-refractivity contribution in [2.75, 3.05) is 0 Å². The predicted molar refractivity (Wildman–Crippen MR) is 53.4 cm³/mol. The third-order valence-corrected chi connectivity index (χ3v) is 2.14. The van der Waals surface area contributed by atoms with E-state index in [0.29, 0.717) is 6.54 Å². The molecule has 0 fully saturated rings. The Morgan fingerprint density at radius 3 is 3.00 bits per heavy atom. The van der Waals surface area contributed by atoms with Crippen LogP contribution in [0.3, 0.4) is 0 Å². The van der Waals surface area contributed by atoms with Gasteiger partial charge in [0.25, 0.3) is 0 Å². The molecule has 1 rings (SSSR count). The number of nitrogens with zero attached hydrogens (tertiary/aromatic N) is 2. The second kappa shape index (κ2) is 4.41. The zero-order chi connectivity index (χ0) is 9.84. The molecule has 1 amide bonds. The Morgan fingerprint density at radius 1 is 1.85 bits per heavy atom. The summed E-state index contributed by atoms with van der Waals surface area (Å²) in [4.78, 5) is 11.0. The van der Waals surface area contributed by atoms with Gasteiger partial charge < -0.3 is 5.32 Å². The first kappa shape index (κ1) is 10.2. The second-order valence-corrected chi connectivity index (χ2v) is 4.15. The number of carbonyl (C=O) groups excluding carboxylic acids is 1. The highest BCUT2D eigenvalue weighted by Crippen LogP contribution is 1.99. The number of rotatable bonds is 3. The van der Waals surface area contributed by atoms with E-state index in [1.165, 1.54) is 0 Å². The van der Waals surface area contributed by atoms with Crippen LogP contribution in [-0.4, -0.2) is 20.5 Å². The largest absolute Gasteiger partial charge is 0.350 e. The predicted octanol–water partition coefficient (Wildman–Crippen LogP) is 0.820. The number of aryl methyl sites for hydroxylation is 1. The van der Waals surface area contributed by atoms with E-state index in [0.717, 1.165) is 5.69 Å². The molecule has 4 nitrogen and oxygen atoms in total. The number of hydrogen-bond acceptors (Lipinski definition) is 2. The van der Waals surface area contributed by atoms with Crippen molar-refractivity contribution < 1.29 is 4.79 Å². The SMILES string of the molecule is CC(Br)C(=O)NCc1ccnn1C. The van der Waals surface area contributed by atoms with Crippen LogP contribution < -0.4 is 5.32 Å². The van der Waals surface area contributed by atoms with Crippen LogP contribution in [-0.2, 0) is 18.4 Å². The van der Waals surface area contributed by atoms with Crippen LogP contribution in [0.5, 0.6) is 0 Å². The van der Waals surface area contributed by atoms with Crippen LogP contribution in [0.1, 0.15) is 12.6 Å². The van der Waals surface area contributed by atoms with Crippen LogP contribution in [0.4, 0.5) is 0 Å². The molecule has 0 saturated carbocycles. The van der Waals surface area contributed by atoms with E-state index in [-0.39, 0.29) is 10.7 Å². The normalized spacial score (nSPS) is 12.5. The molecule has 0 bridgehead atoms. The lowest BCUT2D eigenvalue weighted by Crippen LogP contribution is -2.29. The second-order valence-electron chi connectivity index (χ2n) is 2.78. The van der Waals surface area contributed by atoms with Crippen molar-refractivity contribution in [1.82, 2.24) is 15.1 Å². The fraction of sp³-hybridized carbons (Fsp3) is 0.500.